The zero-order chi connectivity index (χ0) is 30.5. The van der Waals surface area contributed by atoms with Crippen molar-refractivity contribution < 1.29 is 0 Å². The molecule has 9 aromatic rings. The van der Waals surface area contributed by atoms with Crippen molar-refractivity contribution in [3.63, 3.8) is 0 Å². The third kappa shape index (κ3) is 4.25. The Hall–Kier alpha value is -6.19. The summed E-state index contributed by atoms with van der Waals surface area (Å²) in [7, 11) is 0. The van der Waals surface area contributed by atoms with Gasteiger partial charge >= 0.3 is 0 Å². The molecular formula is C43H29N3. The molecule has 0 amide bonds. The number of nitrogens with zero attached hydrogens (tertiary/aromatic N) is 3. The molecule has 8 aromatic carbocycles. The SMILES string of the molecule is c1ccc(N(c2ccccc2)c2cccc3c(-c4nc5cc6ccccc6cc5n4-c4cccc5ccccc45)cccc23)cc1. The largest absolute Gasteiger partial charge is 0.310 e. The summed E-state index contributed by atoms with van der Waals surface area (Å²) in [4.78, 5) is 7.75. The van der Waals surface area contributed by atoms with Gasteiger partial charge in [0, 0.05) is 27.7 Å². The van der Waals surface area contributed by atoms with Crippen molar-refractivity contribution in [1.82, 2.24) is 9.55 Å². The first-order valence-electron chi connectivity index (χ1n) is 15.7. The monoisotopic (exact) mass is 587 g/mol. The molecule has 0 spiro atoms. The van der Waals surface area contributed by atoms with Gasteiger partial charge < -0.3 is 4.90 Å². The van der Waals surface area contributed by atoms with Gasteiger partial charge in [-0.05, 0) is 70.1 Å². The summed E-state index contributed by atoms with van der Waals surface area (Å²) >= 11 is 0. The first kappa shape index (κ1) is 26.2. The van der Waals surface area contributed by atoms with Crippen LogP contribution in [0.2, 0.25) is 0 Å². The molecule has 0 atom stereocenters. The Morgan fingerprint density at radius 3 is 1.76 bits per heavy atom. The van der Waals surface area contributed by atoms with Crippen LogP contribution >= 0.6 is 0 Å². The number of benzene rings is 8. The van der Waals surface area contributed by atoms with E-state index in [4.69, 9.17) is 4.98 Å². The number of anilines is 3. The molecule has 0 bridgehead atoms. The van der Waals surface area contributed by atoms with E-state index < -0.39 is 0 Å². The summed E-state index contributed by atoms with van der Waals surface area (Å²) in [5, 5.41) is 7.09. The molecule has 46 heavy (non-hydrogen) atoms. The van der Waals surface area contributed by atoms with Crippen molar-refractivity contribution in [3.8, 4) is 17.1 Å². The van der Waals surface area contributed by atoms with E-state index in [-0.39, 0.29) is 0 Å². The summed E-state index contributed by atoms with van der Waals surface area (Å²) < 4.78 is 2.36. The summed E-state index contributed by atoms with van der Waals surface area (Å²) in [6.45, 7) is 0. The van der Waals surface area contributed by atoms with Crippen LogP contribution in [-0.2, 0) is 0 Å². The maximum absolute atomic E-state index is 5.41. The van der Waals surface area contributed by atoms with E-state index in [2.05, 4.69) is 185 Å². The fraction of sp³-hybridized carbons (Fsp3) is 0. The second-order valence-corrected chi connectivity index (χ2v) is 11.6. The smallest absolute Gasteiger partial charge is 0.146 e. The van der Waals surface area contributed by atoms with E-state index in [9.17, 15) is 0 Å². The Balaban J connectivity index is 1.35. The highest BCUT2D eigenvalue weighted by Gasteiger charge is 2.21. The van der Waals surface area contributed by atoms with Crippen LogP contribution in [0.4, 0.5) is 17.1 Å². The minimum Gasteiger partial charge on any atom is -0.310 e. The van der Waals surface area contributed by atoms with Gasteiger partial charge in [-0.3, -0.25) is 4.57 Å². The van der Waals surface area contributed by atoms with Gasteiger partial charge in [0.05, 0.1) is 22.4 Å². The molecule has 0 aliphatic carbocycles. The number of imidazole rings is 1. The van der Waals surface area contributed by atoms with Crippen LogP contribution in [0, 0.1) is 0 Å². The van der Waals surface area contributed by atoms with Crippen LogP contribution in [0.3, 0.4) is 0 Å². The van der Waals surface area contributed by atoms with E-state index in [1.165, 1.54) is 21.5 Å². The van der Waals surface area contributed by atoms with Crippen molar-refractivity contribution in [1.29, 1.82) is 0 Å². The van der Waals surface area contributed by atoms with Gasteiger partial charge in [0.2, 0.25) is 0 Å². The third-order valence-corrected chi connectivity index (χ3v) is 8.94. The topological polar surface area (TPSA) is 21.1 Å². The van der Waals surface area contributed by atoms with Crippen LogP contribution in [0.1, 0.15) is 0 Å². The molecule has 0 aliphatic rings. The highest BCUT2D eigenvalue weighted by Crippen LogP contribution is 2.42. The molecule has 0 unspecified atom stereocenters. The van der Waals surface area contributed by atoms with Gasteiger partial charge in [-0.2, -0.15) is 0 Å². The summed E-state index contributed by atoms with van der Waals surface area (Å²) in [5.41, 5.74) is 7.62. The van der Waals surface area contributed by atoms with Gasteiger partial charge in [-0.25, -0.2) is 4.98 Å². The average Bonchev–Trinajstić information content (AvgIpc) is 3.49. The Kier molecular flexibility index (Phi) is 6.14. The zero-order valence-electron chi connectivity index (χ0n) is 25.1. The Morgan fingerprint density at radius 2 is 1.00 bits per heavy atom. The maximum atomic E-state index is 5.41. The molecule has 1 aromatic heterocycles. The van der Waals surface area contributed by atoms with Crippen molar-refractivity contribution in [3.05, 3.63) is 176 Å². The summed E-state index contributed by atoms with van der Waals surface area (Å²) in [6, 6.07) is 62.6. The second kappa shape index (κ2) is 10.8. The van der Waals surface area contributed by atoms with Crippen LogP contribution in [0.15, 0.2) is 176 Å². The summed E-state index contributed by atoms with van der Waals surface area (Å²) in [6.07, 6.45) is 0. The van der Waals surface area contributed by atoms with Gasteiger partial charge in [-0.15, -0.1) is 0 Å². The van der Waals surface area contributed by atoms with E-state index in [0.29, 0.717) is 0 Å². The zero-order valence-corrected chi connectivity index (χ0v) is 25.1. The number of hydrogen-bond acceptors (Lipinski definition) is 2. The Bertz CT molecular complexity index is 2490. The molecular weight excluding hydrogens is 558 g/mol. The molecule has 1 heterocycles. The lowest BCUT2D eigenvalue weighted by atomic mass is 10.0. The van der Waals surface area contributed by atoms with E-state index in [1.54, 1.807) is 0 Å². The molecule has 0 N–H and O–H groups in total. The Morgan fingerprint density at radius 1 is 0.435 bits per heavy atom. The molecule has 3 nitrogen and oxygen atoms in total. The van der Waals surface area contributed by atoms with Crippen molar-refractivity contribution in [2.75, 3.05) is 4.90 Å². The van der Waals surface area contributed by atoms with Crippen LogP contribution < -0.4 is 4.90 Å². The number of hydrogen-bond donors (Lipinski definition) is 0. The van der Waals surface area contributed by atoms with Crippen molar-refractivity contribution in [2.45, 2.75) is 0 Å². The quantitative estimate of drug-likeness (QED) is 0.200. The fourth-order valence-corrected chi connectivity index (χ4v) is 6.86. The first-order chi connectivity index (χ1) is 22.8. The van der Waals surface area contributed by atoms with E-state index in [0.717, 1.165) is 55.9 Å². The predicted octanol–water partition coefficient (Wildman–Crippen LogP) is 11.6. The average molecular weight is 588 g/mol. The highest BCUT2D eigenvalue weighted by atomic mass is 15.1. The van der Waals surface area contributed by atoms with Crippen molar-refractivity contribution >= 4 is 60.4 Å². The molecule has 3 heteroatoms. The minimum atomic E-state index is 0.926. The van der Waals surface area contributed by atoms with Crippen LogP contribution in [0.25, 0.3) is 60.4 Å². The predicted molar refractivity (Wildman–Crippen MR) is 194 cm³/mol. The van der Waals surface area contributed by atoms with Crippen LogP contribution in [0.5, 0.6) is 0 Å². The lowest BCUT2D eigenvalue weighted by Crippen LogP contribution is -2.10. The lowest BCUT2D eigenvalue weighted by Gasteiger charge is -2.27. The van der Waals surface area contributed by atoms with Gasteiger partial charge in [-0.1, -0.05) is 127 Å². The second-order valence-electron chi connectivity index (χ2n) is 11.6. The van der Waals surface area contributed by atoms with Crippen molar-refractivity contribution in [2.24, 2.45) is 0 Å². The normalized spacial score (nSPS) is 11.5. The minimum absolute atomic E-state index is 0.926. The molecule has 0 aliphatic heterocycles. The lowest BCUT2D eigenvalue weighted by molar-refractivity contribution is 1.12. The first-order valence-corrected chi connectivity index (χ1v) is 15.7. The van der Waals surface area contributed by atoms with E-state index >= 15 is 0 Å². The standard InChI is InChI=1S/C43H29N3/c1-3-18-33(19-4-1)45(34-20-5-2-6-21-34)41-27-13-23-36-37(41)24-12-25-38(36)43-44-39-28-31-15-7-8-16-32(31)29-42(39)46(43)40-26-11-17-30-14-9-10-22-35(30)40/h1-29H. The van der Waals surface area contributed by atoms with Gasteiger partial charge in [0.25, 0.3) is 0 Å². The third-order valence-electron chi connectivity index (χ3n) is 8.94. The number of aromatic nitrogens is 2. The molecule has 0 radical (unpaired) electrons. The molecule has 216 valence electrons. The van der Waals surface area contributed by atoms with Gasteiger partial charge in [0.15, 0.2) is 0 Å². The highest BCUT2D eigenvalue weighted by molar-refractivity contribution is 6.07. The molecule has 0 fully saturated rings. The van der Waals surface area contributed by atoms with E-state index in [1.807, 2.05) is 0 Å². The number of para-hydroxylation sites is 2. The maximum Gasteiger partial charge on any atom is 0.146 e. The Labute approximate surface area is 267 Å². The molecule has 0 saturated carbocycles. The number of rotatable bonds is 5. The van der Waals surface area contributed by atoms with Crippen LogP contribution in [-0.4, -0.2) is 9.55 Å². The molecule has 9 rings (SSSR count). The summed E-state index contributed by atoms with van der Waals surface area (Å²) in [5.74, 6) is 0.926. The van der Waals surface area contributed by atoms with Gasteiger partial charge in [0.1, 0.15) is 5.82 Å². The number of fused-ring (bicyclic) bond motifs is 4. The molecule has 0 saturated heterocycles. The fourth-order valence-electron chi connectivity index (χ4n) is 6.86.